The van der Waals surface area contributed by atoms with Crippen LogP contribution in [0.5, 0.6) is 6.01 Å². The van der Waals surface area contributed by atoms with Crippen molar-refractivity contribution in [2.45, 2.75) is 43.9 Å². The van der Waals surface area contributed by atoms with E-state index in [0.29, 0.717) is 37.1 Å². The Balaban J connectivity index is 1.32. The van der Waals surface area contributed by atoms with Gasteiger partial charge in [0.15, 0.2) is 0 Å². The Hall–Kier alpha value is -3.61. The highest BCUT2D eigenvalue weighted by Gasteiger charge is 2.38. The van der Waals surface area contributed by atoms with E-state index in [1.54, 1.807) is 0 Å². The fraction of sp³-hybridized carbons (Fsp3) is 0.350. The lowest BCUT2D eigenvalue weighted by Crippen LogP contribution is -2.41. The van der Waals surface area contributed by atoms with Crippen LogP contribution in [0.2, 0.25) is 0 Å². The maximum absolute atomic E-state index is 13.6. The number of hydrogen-bond donors (Lipinski definition) is 0. The van der Waals surface area contributed by atoms with Gasteiger partial charge in [-0.25, -0.2) is 23.2 Å². The SMILES string of the molecule is N#Cc1ccnc(OC2CC(n3nc4n(c3=O)[C@H](c3cc(F)cc(F)c3)CC4)C2)n1. The Morgan fingerprint density at radius 2 is 1.97 bits per heavy atom. The summed E-state index contributed by atoms with van der Waals surface area (Å²) >= 11 is 0. The van der Waals surface area contributed by atoms with E-state index in [0.717, 1.165) is 6.07 Å². The van der Waals surface area contributed by atoms with Crippen molar-refractivity contribution in [2.75, 3.05) is 0 Å². The third-order valence-electron chi connectivity index (χ3n) is 5.56. The van der Waals surface area contributed by atoms with Crippen LogP contribution in [0.15, 0.2) is 35.3 Å². The van der Waals surface area contributed by atoms with Gasteiger partial charge >= 0.3 is 11.7 Å². The second-order valence-corrected chi connectivity index (χ2v) is 7.47. The van der Waals surface area contributed by atoms with Gasteiger partial charge in [-0.1, -0.05) is 0 Å². The molecular formula is C20H16F2N6O2. The molecule has 1 aromatic carbocycles. The van der Waals surface area contributed by atoms with E-state index in [1.165, 1.54) is 33.6 Å². The number of nitriles is 1. The normalized spacial score (nSPS) is 22.2. The van der Waals surface area contributed by atoms with Crippen molar-refractivity contribution >= 4 is 0 Å². The van der Waals surface area contributed by atoms with Crippen molar-refractivity contribution in [1.82, 2.24) is 24.3 Å². The minimum absolute atomic E-state index is 0.130. The van der Waals surface area contributed by atoms with Gasteiger partial charge in [-0.3, -0.25) is 4.57 Å². The van der Waals surface area contributed by atoms with Gasteiger partial charge in [0.2, 0.25) is 0 Å². The summed E-state index contributed by atoms with van der Waals surface area (Å²) in [6.45, 7) is 0. The van der Waals surface area contributed by atoms with Crippen LogP contribution in [0.3, 0.4) is 0 Å². The van der Waals surface area contributed by atoms with Crippen molar-refractivity contribution in [3.63, 3.8) is 0 Å². The topological polar surface area (TPSA) is 98.6 Å². The van der Waals surface area contributed by atoms with Crippen LogP contribution in [0.25, 0.3) is 0 Å². The van der Waals surface area contributed by atoms with E-state index >= 15 is 0 Å². The first kappa shape index (κ1) is 18.4. The fourth-order valence-electron chi connectivity index (χ4n) is 4.08. The van der Waals surface area contributed by atoms with Crippen LogP contribution >= 0.6 is 0 Å². The zero-order valence-corrected chi connectivity index (χ0v) is 15.7. The highest BCUT2D eigenvalue weighted by Crippen LogP contribution is 2.35. The predicted molar refractivity (Wildman–Crippen MR) is 98.7 cm³/mol. The van der Waals surface area contributed by atoms with Crippen molar-refractivity contribution in [1.29, 1.82) is 5.26 Å². The molecule has 1 fully saturated rings. The van der Waals surface area contributed by atoms with E-state index < -0.39 is 17.7 Å². The van der Waals surface area contributed by atoms with Gasteiger partial charge in [0, 0.05) is 31.5 Å². The Kier molecular flexibility index (Phi) is 4.31. The first-order valence-electron chi connectivity index (χ1n) is 9.57. The molecule has 1 atom stereocenters. The molecule has 1 aliphatic carbocycles. The number of ether oxygens (including phenoxy) is 1. The summed E-state index contributed by atoms with van der Waals surface area (Å²) in [5, 5.41) is 13.3. The average Bonchev–Trinajstić information content (AvgIpc) is 3.24. The number of benzene rings is 1. The number of rotatable bonds is 4. The third kappa shape index (κ3) is 3.12. The summed E-state index contributed by atoms with van der Waals surface area (Å²) in [4.78, 5) is 20.9. The summed E-state index contributed by atoms with van der Waals surface area (Å²) in [5.74, 6) is -0.717. The first-order chi connectivity index (χ1) is 14.5. The molecule has 0 spiro atoms. The van der Waals surface area contributed by atoms with Crippen LogP contribution in [-0.2, 0) is 6.42 Å². The second kappa shape index (κ2) is 7.02. The van der Waals surface area contributed by atoms with E-state index in [-0.39, 0.29) is 29.5 Å². The molecule has 5 rings (SSSR count). The van der Waals surface area contributed by atoms with E-state index in [4.69, 9.17) is 10.00 Å². The van der Waals surface area contributed by atoms with E-state index in [1.807, 2.05) is 6.07 Å². The predicted octanol–water partition coefficient (Wildman–Crippen LogP) is 2.30. The lowest BCUT2D eigenvalue weighted by Gasteiger charge is -2.33. The lowest BCUT2D eigenvalue weighted by atomic mass is 9.89. The van der Waals surface area contributed by atoms with E-state index in [9.17, 15) is 13.6 Å². The van der Waals surface area contributed by atoms with Crippen LogP contribution < -0.4 is 10.4 Å². The molecule has 0 radical (unpaired) electrons. The Bertz CT molecular complexity index is 1200. The summed E-state index contributed by atoms with van der Waals surface area (Å²) in [6, 6.07) is 6.32. The summed E-state index contributed by atoms with van der Waals surface area (Å²) in [6.07, 6.45) is 3.51. The molecule has 3 heterocycles. The van der Waals surface area contributed by atoms with Crippen LogP contribution in [0.1, 0.15) is 48.4 Å². The lowest BCUT2D eigenvalue weighted by molar-refractivity contribution is 0.0542. The molecular weight excluding hydrogens is 394 g/mol. The number of aromatic nitrogens is 5. The number of nitrogens with zero attached hydrogens (tertiary/aromatic N) is 6. The summed E-state index contributed by atoms with van der Waals surface area (Å²) < 4.78 is 35.9. The monoisotopic (exact) mass is 410 g/mol. The molecule has 8 nitrogen and oxygen atoms in total. The number of fused-ring (bicyclic) bond motifs is 1. The number of hydrogen-bond acceptors (Lipinski definition) is 6. The molecule has 1 saturated carbocycles. The van der Waals surface area contributed by atoms with Crippen LogP contribution in [0.4, 0.5) is 8.78 Å². The average molecular weight is 410 g/mol. The van der Waals surface area contributed by atoms with Gasteiger partial charge in [-0.2, -0.15) is 15.3 Å². The van der Waals surface area contributed by atoms with Crippen LogP contribution in [0, 0.1) is 23.0 Å². The molecule has 0 saturated heterocycles. The molecule has 0 bridgehead atoms. The molecule has 2 aromatic heterocycles. The molecule has 10 heteroatoms. The van der Waals surface area contributed by atoms with Gasteiger partial charge in [-0.15, -0.1) is 0 Å². The smallest absolute Gasteiger partial charge is 0.346 e. The Morgan fingerprint density at radius 1 is 1.20 bits per heavy atom. The number of halogens is 2. The van der Waals surface area contributed by atoms with Crippen molar-refractivity contribution in [3.05, 3.63) is 69.7 Å². The standard InChI is InChI=1S/C20H16F2N6O2/c21-12-5-11(6-13(22)7-12)17-1-2-18-26-28(20(29)27(17)18)15-8-16(9-15)30-19-24-4-3-14(10-23)25-19/h3-7,15-17H,1-2,8-9H2/t15?,16?,17-/m0/s1. The summed E-state index contributed by atoms with van der Waals surface area (Å²) in [7, 11) is 0. The maximum Gasteiger partial charge on any atom is 0.346 e. The van der Waals surface area contributed by atoms with Gasteiger partial charge < -0.3 is 4.74 Å². The molecule has 0 unspecified atom stereocenters. The van der Waals surface area contributed by atoms with Gasteiger partial charge in [0.1, 0.15) is 35.3 Å². The quantitative estimate of drug-likeness (QED) is 0.655. The molecule has 0 amide bonds. The second-order valence-electron chi connectivity index (χ2n) is 7.47. The number of aryl methyl sites for hydroxylation is 1. The first-order valence-corrected chi connectivity index (χ1v) is 9.57. The highest BCUT2D eigenvalue weighted by molar-refractivity contribution is 5.25. The molecule has 1 aliphatic heterocycles. The zero-order chi connectivity index (χ0) is 20.8. The zero-order valence-electron chi connectivity index (χ0n) is 15.7. The largest absolute Gasteiger partial charge is 0.460 e. The van der Waals surface area contributed by atoms with Gasteiger partial charge in [-0.05, 0) is 30.2 Å². The fourth-order valence-corrected chi connectivity index (χ4v) is 4.08. The van der Waals surface area contributed by atoms with Gasteiger partial charge in [0.25, 0.3) is 0 Å². The Labute approximate surface area is 169 Å². The third-order valence-corrected chi connectivity index (χ3v) is 5.56. The van der Waals surface area contributed by atoms with E-state index in [2.05, 4.69) is 15.1 Å². The molecule has 3 aromatic rings. The van der Waals surface area contributed by atoms with Crippen molar-refractivity contribution in [2.24, 2.45) is 0 Å². The molecule has 30 heavy (non-hydrogen) atoms. The maximum atomic E-state index is 13.6. The minimum atomic E-state index is -0.666. The summed E-state index contributed by atoms with van der Waals surface area (Å²) in [5.41, 5.74) is 0.359. The van der Waals surface area contributed by atoms with Crippen molar-refractivity contribution in [3.8, 4) is 12.1 Å². The minimum Gasteiger partial charge on any atom is -0.460 e. The van der Waals surface area contributed by atoms with Crippen molar-refractivity contribution < 1.29 is 13.5 Å². The Morgan fingerprint density at radius 3 is 2.70 bits per heavy atom. The highest BCUT2D eigenvalue weighted by atomic mass is 19.1. The van der Waals surface area contributed by atoms with Gasteiger partial charge in [0.05, 0.1) is 12.1 Å². The molecule has 0 N–H and O–H groups in total. The molecule has 2 aliphatic rings. The van der Waals surface area contributed by atoms with Crippen LogP contribution in [-0.4, -0.2) is 30.4 Å². The molecule has 152 valence electrons.